The van der Waals surface area contributed by atoms with Gasteiger partial charge in [-0.2, -0.15) is 17.9 Å². The van der Waals surface area contributed by atoms with E-state index in [-0.39, 0.29) is 18.6 Å². The Labute approximate surface area is 92.4 Å². The molecule has 0 spiro atoms. The third-order valence-corrected chi connectivity index (χ3v) is 3.49. The molecule has 3 N–H and O–H groups in total. The van der Waals surface area contributed by atoms with Crippen molar-refractivity contribution in [2.45, 2.75) is 46.2 Å². The molecule has 92 valence electrons. The zero-order valence-corrected chi connectivity index (χ0v) is 10.9. The maximum absolute atomic E-state index is 11.6. The molecular formula is C9H22N2O3S. The van der Waals surface area contributed by atoms with Gasteiger partial charge in [-0.3, -0.25) is 0 Å². The van der Waals surface area contributed by atoms with E-state index in [4.69, 9.17) is 5.11 Å². The molecule has 0 rings (SSSR count). The first-order valence-corrected chi connectivity index (χ1v) is 6.48. The summed E-state index contributed by atoms with van der Waals surface area (Å²) in [4.78, 5) is 0. The van der Waals surface area contributed by atoms with Crippen molar-refractivity contribution in [3.05, 3.63) is 0 Å². The quantitative estimate of drug-likeness (QED) is 0.641. The van der Waals surface area contributed by atoms with Crippen LogP contribution in [0.5, 0.6) is 0 Å². The van der Waals surface area contributed by atoms with Gasteiger partial charge in [0.05, 0.1) is 0 Å². The Morgan fingerprint density at radius 2 is 1.73 bits per heavy atom. The fourth-order valence-corrected chi connectivity index (χ4v) is 2.54. The zero-order chi connectivity index (χ0) is 12.3. The van der Waals surface area contributed by atoms with Gasteiger partial charge >= 0.3 is 0 Å². The second-order valence-electron chi connectivity index (χ2n) is 4.92. The summed E-state index contributed by atoms with van der Waals surface area (Å²) in [5.41, 5.74) is -0.506. The molecule has 0 aromatic rings. The summed E-state index contributed by atoms with van der Waals surface area (Å²) in [5.74, 6) is -0.110. The summed E-state index contributed by atoms with van der Waals surface area (Å²) in [6.07, 6.45) is 0. The summed E-state index contributed by atoms with van der Waals surface area (Å²) < 4.78 is 28.1. The van der Waals surface area contributed by atoms with Crippen LogP contribution in [0.1, 0.15) is 34.6 Å². The molecule has 0 aliphatic carbocycles. The summed E-state index contributed by atoms with van der Waals surface area (Å²) in [6, 6.07) is -0.296. The standard InChI is InChI=1S/C9H22N2O3S/c1-7(6-12)8(2)10-15(13,14)11-9(3,4)5/h7-8,10-12H,6H2,1-5H3. The van der Waals surface area contributed by atoms with Crippen molar-refractivity contribution in [2.24, 2.45) is 5.92 Å². The molecule has 0 aromatic carbocycles. The first-order chi connectivity index (χ1) is 6.57. The molecule has 5 nitrogen and oxygen atoms in total. The van der Waals surface area contributed by atoms with Crippen molar-refractivity contribution in [3.8, 4) is 0 Å². The van der Waals surface area contributed by atoms with Gasteiger partial charge in [0.2, 0.25) is 0 Å². The van der Waals surface area contributed by atoms with Crippen LogP contribution in [0.25, 0.3) is 0 Å². The van der Waals surface area contributed by atoms with E-state index in [1.807, 2.05) is 0 Å². The van der Waals surface area contributed by atoms with Crippen LogP contribution in [0, 0.1) is 5.92 Å². The van der Waals surface area contributed by atoms with Gasteiger partial charge in [0.15, 0.2) is 0 Å². The Morgan fingerprint density at radius 3 is 2.07 bits per heavy atom. The first-order valence-electron chi connectivity index (χ1n) is 4.99. The van der Waals surface area contributed by atoms with E-state index < -0.39 is 15.7 Å². The molecule has 0 aliphatic rings. The predicted octanol–water partition coefficient (Wildman–Crippen LogP) is 0.226. The lowest BCUT2D eigenvalue weighted by Gasteiger charge is -2.24. The fourth-order valence-electron chi connectivity index (χ4n) is 0.952. The SMILES string of the molecule is CC(CO)C(C)NS(=O)(=O)NC(C)(C)C. The van der Waals surface area contributed by atoms with E-state index in [0.717, 1.165) is 0 Å². The lowest BCUT2D eigenvalue weighted by Crippen LogP contribution is -2.50. The minimum absolute atomic E-state index is 0.0425. The van der Waals surface area contributed by atoms with Crippen LogP contribution in [-0.4, -0.2) is 31.7 Å². The number of aliphatic hydroxyl groups is 1. The van der Waals surface area contributed by atoms with Gasteiger partial charge in [-0.25, -0.2) is 0 Å². The van der Waals surface area contributed by atoms with Gasteiger partial charge in [-0.05, 0) is 33.6 Å². The van der Waals surface area contributed by atoms with Crippen LogP contribution in [0.3, 0.4) is 0 Å². The molecule has 0 amide bonds. The molecule has 0 saturated heterocycles. The molecular weight excluding hydrogens is 216 g/mol. The molecule has 0 radical (unpaired) electrons. The van der Waals surface area contributed by atoms with E-state index in [2.05, 4.69) is 9.44 Å². The normalized spacial score (nSPS) is 17.5. The summed E-state index contributed by atoms with van der Waals surface area (Å²) >= 11 is 0. The van der Waals surface area contributed by atoms with Crippen LogP contribution in [0.4, 0.5) is 0 Å². The van der Waals surface area contributed by atoms with Crippen molar-refractivity contribution >= 4 is 10.2 Å². The maximum atomic E-state index is 11.6. The number of nitrogens with one attached hydrogen (secondary N) is 2. The topological polar surface area (TPSA) is 78.4 Å². The minimum atomic E-state index is -3.50. The monoisotopic (exact) mass is 238 g/mol. The van der Waals surface area contributed by atoms with Crippen LogP contribution in [-0.2, 0) is 10.2 Å². The Kier molecular flexibility index (Phi) is 5.19. The number of rotatable bonds is 5. The summed E-state index contributed by atoms with van der Waals surface area (Å²) in [5, 5.41) is 8.88. The van der Waals surface area contributed by atoms with Crippen molar-refractivity contribution in [3.63, 3.8) is 0 Å². The van der Waals surface area contributed by atoms with Gasteiger partial charge in [0.1, 0.15) is 0 Å². The molecule has 0 fully saturated rings. The highest BCUT2D eigenvalue weighted by atomic mass is 32.2. The lowest BCUT2D eigenvalue weighted by molar-refractivity contribution is 0.216. The zero-order valence-electron chi connectivity index (χ0n) is 10.0. The summed E-state index contributed by atoms with van der Waals surface area (Å²) in [6.45, 7) is 8.78. The number of hydrogen-bond donors (Lipinski definition) is 3. The van der Waals surface area contributed by atoms with E-state index in [0.29, 0.717) is 0 Å². The molecule has 15 heavy (non-hydrogen) atoms. The molecule has 2 atom stereocenters. The highest BCUT2D eigenvalue weighted by molar-refractivity contribution is 7.87. The van der Waals surface area contributed by atoms with Gasteiger partial charge in [0, 0.05) is 18.2 Å². The van der Waals surface area contributed by atoms with Gasteiger partial charge in [-0.15, -0.1) is 0 Å². The molecule has 0 heterocycles. The minimum Gasteiger partial charge on any atom is -0.396 e. The van der Waals surface area contributed by atoms with Gasteiger partial charge in [-0.1, -0.05) is 6.92 Å². The Balaban J connectivity index is 4.40. The van der Waals surface area contributed by atoms with Crippen LogP contribution >= 0.6 is 0 Å². The third kappa shape index (κ3) is 6.83. The molecule has 0 aromatic heterocycles. The van der Waals surface area contributed by atoms with Crippen molar-refractivity contribution < 1.29 is 13.5 Å². The second kappa shape index (κ2) is 5.25. The Morgan fingerprint density at radius 1 is 1.27 bits per heavy atom. The molecule has 2 unspecified atom stereocenters. The fraction of sp³-hybridized carbons (Fsp3) is 1.00. The smallest absolute Gasteiger partial charge is 0.277 e. The largest absolute Gasteiger partial charge is 0.396 e. The van der Waals surface area contributed by atoms with Crippen molar-refractivity contribution in [1.82, 2.24) is 9.44 Å². The Bertz CT molecular complexity index is 282. The van der Waals surface area contributed by atoms with E-state index in [9.17, 15) is 8.42 Å². The van der Waals surface area contributed by atoms with E-state index in [1.165, 1.54) is 0 Å². The lowest BCUT2D eigenvalue weighted by atomic mass is 10.1. The molecule has 0 bridgehead atoms. The van der Waals surface area contributed by atoms with Crippen LogP contribution < -0.4 is 9.44 Å². The predicted molar refractivity (Wildman–Crippen MR) is 60.7 cm³/mol. The van der Waals surface area contributed by atoms with Gasteiger partial charge < -0.3 is 5.11 Å². The average Bonchev–Trinajstić information content (AvgIpc) is 1.96. The summed E-state index contributed by atoms with van der Waals surface area (Å²) in [7, 11) is -3.50. The highest BCUT2D eigenvalue weighted by Gasteiger charge is 2.23. The van der Waals surface area contributed by atoms with E-state index in [1.54, 1.807) is 34.6 Å². The maximum Gasteiger partial charge on any atom is 0.277 e. The first kappa shape index (κ1) is 14.8. The highest BCUT2D eigenvalue weighted by Crippen LogP contribution is 2.05. The molecule has 6 heteroatoms. The molecule has 0 aliphatic heterocycles. The van der Waals surface area contributed by atoms with Crippen LogP contribution in [0.2, 0.25) is 0 Å². The second-order valence-corrected chi connectivity index (χ2v) is 6.37. The van der Waals surface area contributed by atoms with Crippen molar-refractivity contribution in [1.29, 1.82) is 0 Å². The molecule has 0 saturated carbocycles. The van der Waals surface area contributed by atoms with Crippen molar-refractivity contribution in [2.75, 3.05) is 6.61 Å². The van der Waals surface area contributed by atoms with Crippen LogP contribution in [0.15, 0.2) is 0 Å². The number of aliphatic hydroxyl groups excluding tert-OH is 1. The third-order valence-electron chi connectivity index (χ3n) is 1.92. The van der Waals surface area contributed by atoms with Gasteiger partial charge in [0.25, 0.3) is 10.2 Å². The number of hydrogen-bond acceptors (Lipinski definition) is 3. The Hall–Kier alpha value is -0.170. The average molecular weight is 238 g/mol. The van der Waals surface area contributed by atoms with E-state index >= 15 is 0 Å².